The maximum Gasteiger partial charge on any atom is 0.143 e. The Balaban J connectivity index is 2.80. The van der Waals surface area contributed by atoms with Gasteiger partial charge in [0.2, 0.25) is 0 Å². The smallest absolute Gasteiger partial charge is 0.143 e. The number of methoxy groups -OCH3 is 1. The maximum absolute atomic E-state index is 9.98. The first-order valence-electron chi connectivity index (χ1n) is 6.50. The number of aliphatic hydroxyl groups is 1. The van der Waals surface area contributed by atoms with Crippen LogP contribution in [-0.4, -0.2) is 16.8 Å². The molecule has 1 N–H and O–H groups in total. The van der Waals surface area contributed by atoms with Crippen LogP contribution in [0.1, 0.15) is 32.4 Å². The second-order valence-corrected chi connectivity index (χ2v) is 5.60. The Morgan fingerprint density at radius 2 is 2.00 bits per heavy atom. The number of para-hydroxylation sites is 1. The zero-order valence-corrected chi connectivity index (χ0v) is 12.5. The molecule has 0 aliphatic rings. The van der Waals surface area contributed by atoms with Gasteiger partial charge in [-0.15, -0.1) is 0 Å². The molecular formula is C15H20ClNO2. The van der Waals surface area contributed by atoms with Crippen molar-refractivity contribution in [2.75, 3.05) is 7.11 Å². The minimum absolute atomic E-state index is 0.458. The van der Waals surface area contributed by atoms with Crippen molar-refractivity contribution in [3.63, 3.8) is 0 Å². The van der Waals surface area contributed by atoms with Gasteiger partial charge in [-0.2, -0.15) is 0 Å². The molecule has 3 nitrogen and oxygen atoms in total. The van der Waals surface area contributed by atoms with Crippen LogP contribution in [0.25, 0.3) is 10.9 Å². The number of aromatic nitrogens is 1. The topological polar surface area (TPSA) is 34.4 Å². The molecule has 0 bridgehead atoms. The summed E-state index contributed by atoms with van der Waals surface area (Å²) < 4.78 is 7.47. The quantitative estimate of drug-likeness (QED) is 0.919. The molecule has 0 saturated carbocycles. The Kier molecular flexibility index (Phi) is 4.07. The van der Waals surface area contributed by atoms with Gasteiger partial charge in [0.15, 0.2) is 0 Å². The van der Waals surface area contributed by atoms with E-state index in [1.54, 1.807) is 14.0 Å². The van der Waals surface area contributed by atoms with Gasteiger partial charge in [-0.05, 0) is 18.9 Å². The molecule has 0 aliphatic heterocycles. The van der Waals surface area contributed by atoms with Crippen LogP contribution >= 0.6 is 11.6 Å². The Bertz CT molecular complexity index is 587. The van der Waals surface area contributed by atoms with Crippen molar-refractivity contribution in [1.82, 2.24) is 4.57 Å². The summed E-state index contributed by atoms with van der Waals surface area (Å²) in [5.74, 6) is 1.24. The zero-order chi connectivity index (χ0) is 14.2. The highest BCUT2D eigenvalue weighted by molar-refractivity contribution is 6.32. The third-order valence-electron chi connectivity index (χ3n) is 3.20. The largest absolute Gasteiger partial charge is 0.495 e. The average Bonchev–Trinajstić information content (AvgIpc) is 2.61. The summed E-state index contributed by atoms with van der Waals surface area (Å²) in [5.41, 5.74) is 1.73. The molecule has 1 heterocycles. The van der Waals surface area contributed by atoms with Crippen LogP contribution in [0.15, 0.2) is 18.2 Å². The molecule has 1 aromatic heterocycles. The van der Waals surface area contributed by atoms with Gasteiger partial charge in [0.05, 0.1) is 18.7 Å². The number of hydrogen-bond acceptors (Lipinski definition) is 2. The normalized spacial score (nSPS) is 13.2. The van der Waals surface area contributed by atoms with Gasteiger partial charge >= 0.3 is 0 Å². The summed E-state index contributed by atoms with van der Waals surface area (Å²) in [4.78, 5) is 0. The predicted molar refractivity (Wildman–Crippen MR) is 79.0 cm³/mol. The molecule has 4 heteroatoms. The number of fused-ring (bicyclic) bond motifs is 1. The maximum atomic E-state index is 9.98. The molecule has 1 atom stereocenters. The second kappa shape index (κ2) is 5.43. The van der Waals surface area contributed by atoms with Crippen molar-refractivity contribution >= 4 is 22.5 Å². The molecule has 2 aromatic rings. The van der Waals surface area contributed by atoms with E-state index < -0.39 is 6.10 Å². The number of rotatable bonds is 4. The first-order chi connectivity index (χ1) is 8.97. The molecule has 0 aliphatic carbocycles. The zero-order valence-electron chi connectivity index (χ0n) is 11.8. The second-order valence-electron chi connectivity index (χ2n) is 5.24. The summed E-state index contributed by atoms with van der Waals surface area (Å²) in [6, 6.07) is 5.81. The molecule has 0 fully saturated rings. The number of halogens is 1. The lowest BCUT2D eigenvalue weighted by molar-refractivity contribution is 0.200. The summed E-state index contributed by atoms with van der Waals surface area (Å²) in [6.07, 6.45) is -0.601. The SMILES string of the molecule is COc1cccc2c(C(C)O)c(Cl)n(CC(C)C)c12. The van der Waals surface area contributed by atoms with Gasteiger partial charge in [-0.25, -0.2) is 0 Å². The summed E-state index contributed by atoms with van der Waals surface area (Å²) in [7, 11) is 1.65. The molecular weight excluding hydrogens is 262 g/mol. The Morgan fingerprint density at radius 1 is 1.32 bits per heavy atom. The van der Waals surface area contributed by atoms with Crippen LogP contribution in [0.2, 0.25) is 5.15 Å². The lowest BCUT2D eigenvalue weighted by Crippen LogP contribution is -2.05. The van der Waals surface area contributed by atoms with Crippen molar-refractivity contribution in [3.05, 3.63) is 28.9 Å². The number of benzene rings is 1. The van der Waals surface area contributed by atoms with E-state index in [0.717, 1.165) is 28.8 Å². The van der Waals surface area contributed by atoms with Gasteiger partial charge in [-0.3, -0.25) is 0 Å². The van der Waals surface area contributed by atoms with Crippen LogP contribution in [0.4, 0.5) is 0 Å². The van der Waals surface area contributed by atoms with Gasteiger partial charge < -0.3 is 14.4 Å². The van der Waals surface area contributed by atoms with Crippen molar-refractivity contribution in [2.24, 2.45) is 5.92 Å². The van der Waals surface area contributed by atoms with Crippen molar-refractivity contribution < 1.29 is 9.84 Å². The van der Waals surface area contributed by atoms with E-state index in [9.17, 15) is 5.11 Å². The van der Waals surface area contributed by atoms with E-state index >= 15 is 0 Å². The predicted octanol–water partition coefficient (Wildman–Crippen LogP) is 4.01. The fraction of sp³-hybridized carbons (Fsp3) is 0.467. The van der Waals surface area contributed by atoms with Crippen LogP contribution in [0.3, 0.4) is 0 Å². The molecule has 0 spiro atoms. The minimum Gasteiger partial charge on any atom is -0.495 e. The molecule has 1 unspecified atom stereocenters. The van der Waals surface area contributed by atoms with Crippen LogP contribution in [-0.2, 0) is 6.54 Å². The summed E-state index contributed by atoms with van der Waals surface area (Å²) in [5, 5.41) is 11.5. The monoisotopic (exact) mass is 281 g/mol. The number of ether oxygens (including phenoxy) is 1. The first-order valence-corrected chi connectivity index (χ1v) is 6.87. The van der Waals surface area contributed by atoms with E-state index in [2.05, 4.69) is 13.8 Å². The first kappa shape index (κ1) is 14.2. The Hall–Kier alpha value is -1.19. The number of aliphatic hydroxyl groups excluding tert-OH is 1. The van der Waals surface area contributed by atoms with Gasteiger partial charge in [0.1, 0.15) is 10.9 Å². The standard InChI is InChI=1S/C15H20ClNO2/c1-9(2)8-17-14-11(6-5-7-12(14)19-4)13(10(3)18)15(17)16/h5-7,9-10,18H,8H2,1-4H3. The van der Waals surface area contributed by atoms with E-state index in [4.69, 9.17) is 16.3 Å². The number of nitrogens with zero attached hydrogens (tertiary/aromatic N) is 1. The van der Waals surface area contributed by atoms with E-state index in [0.29, 0.717) is 11.1 Å². The molecule has 2 rings (SSSR count). The fourth-order valence-corrected chi connectivity index (χ4v) is 2.88. The molecule has 19 heavy (non-hydrogen) atoms. The molecule has 0 amide bonds. The van der Waals surface area contributed by atoms with Gasteiger partial charge in [0, 0.05) is 17.5 Å². The molecule has 0 saturated heterocycles. The highest BCUT2D eigenvalue weighted by Crippen LogP contribution is 2.39. The van der Waals surface area contributed by atoms with E-state index in [1.165, 1.54) is 0 Å². The lowest BCUT2D eigenvalue weighted by atomic mass is 10.1. The molecule has 104 valence electrons. The van der Waals surface area contributed by atoms with Crippen molar-refractivity contribution in [1.29, 1.82) is 0 Å². The Morgan fingerprint density at radius 3 is 2.53 bits per heavy atom. The van der Waals surface area contributed by atoms with Crippen LogP contribution in [0.5, 0.6) is 5.75 Å². The van der Waals surface area contributed by atoms with Crippen LogP contribution in [0, 0.1) is 5.92 Å². The van der Waals surface area contributed by atoms with Crippen molar-refractivity contribution in [3.8, 4) is 5.75 Å². The minimum atomic E-state index is -0.601. The van der Waals surface area contributed by atoms with Gasteiger partial charge in [0.25, 0.3) is 0 Å². The lowest BCUT2D eigenvalue weighted by Gasteiger charge is -2.12. The fourth-order valence-electron chi connectivity index (χ4n) is 2.47. The third kappa shape index (κ3) is 2.45. The average molecular weight is 282 g/mol. The highest BCUT2D eigenvalue weighted by Gasteiger charge is 2.21. The highest BCUT2D eigenvalue weighted by atomic mass is 35.5. The molecule has 0 radical (unpaired) electrons. The van der Waals surface area contributed by atoms with E-state index in [-0.39, 0.29) is 0 Å². The summed E-state index contributed by atoms with van der Waals surface area (Å²) >= 11 is 6.47. The van der Waals surface area contributed by atoms with Gasteiger partial charge in [-0.1, -0.05) is 37.6 Å². The molecule has 1 aromatic carbocycles. The Labute approximate surface area is 118 Å². The third-order valence-corrected chi connectivity index (χ3v) is 3.61. The van der Waals surface area contributed by atoms with Crippen molar-refractivity contribution in [2.45, 2.75) is 33.4 Å². The summed E-state index contributed by atoms with van der Waals surface area (Å²) in [6.45, 7) is 6.81. The van der Waals surface area contributed by atoms with Crippen LogP contribution < -0.4 is 4.74 Å². The number of hydrogen-bond donors (Lipinski definition) is 1. The van der Waals surface area contributed by atoms with E-state index in [1.807, 2.05) is 22.8 Å².